The Morgan fingerprint density at radius 3 is 2.93 bits per heavy atom. The average Bonchev–Trinajstić information content (AvgIpc) is 2.67. The summed E-state index contributed by atoms with van der Waals surface area (Å²) in [6.45, 7) is 0.651. The Hall–Kier alpha value is -3.25. The average molecular weight is 388 g/mol. The lowest BCUT2D eigenvalue weighted by Crippen LogP contribution is -2.44. The standard InChI is InChI=1S/C17H14ClN5O4/c18-11-3-4-15(23(25)26)13(8-11)17(24)22-7-1-2-12(10-22)27-16-14(9-19)20-5-6-21-16/h3-6,8,12H,1-2,7,10H2. The van der Waals surface area contributed by atoms with Crippen LogP contribution in [-0.4, -0.2) is 44.9 Å². The van der Waals surface area contributed by atoms with Crippen molar-refractivity contribution in [3.05, 3.63) is 57.0 Å². The molecule has 1 unspecified atom stereocenters. The molecule has 27 heavy (non-hydrogen) atoms. The summed E-state index contributed by atoms with van der Waals surface area (Å²) in [7, 11) is 0. The van der Waals surface area contributed by atoms with Gasteiger partial charge in [-0.2, -0.15) is 5.26 Å². The minimum absolute atomic E-state index is 0.0615. The summed E-state index contributed by atoms with van der Waals surface area (Å²) < 4.78 is 5.75. The summed E-state index contributed by atoms with van der Waals surface area (Å²) in [5, 5.41) is 20.5. The molecule has 0 aliphatic carbocycles. The fourth-order valence-corrected chi connectivity index (χ4v) is 3.05. The van der Waals surface area contributed by atoms with Crippen molar-refractivity contribution >= 4 is 23.2 Å². The van der Waals surface area contributed by atoms with Crippen molar-refractivity contribution in [2.24, 2.45) is 0 Å². The molecule has 1 aromatic heterocycles. The summed E-state index contributed by atoms with van der Waals surface area (Å²) >= 11 is 5.91. The van der Waals surface area contributed by atoms with Crippen LogP contribution in [-0.2, 0) is 0 Å². The predicted octanol–water partition coefficient (Wildman–Crippen LogP) is 2.59. The molecule has 1 aromatic carbocycles. The predicted molar refractivity (Wildman–Crippen MR) is 94.4 cm³/mol. The minimum atomic E-state index is -0.611. The van der Waals surface area contributed by atoms with Gasteiger partial charge in [0.1, 0.15) is 17.7 Å². The number of nitrogens with zero attached hydrogens (tertiary/aromatic N) is 5. The summed E-state index contributed by atoms with van der Waals surface area (Å²) in [5.74, 6) is -0.384. The van der Waals surface area contributed by atoms with Crippen molar-refractivity contribution in [2.45, 2.75) is 18.9 Å². The van der Waals surface area contributed by atoms with Crippen LogP contribution >= 0.6 is 11.6 Å². The van der Waals surface area contributed by atoms with Crippen LogP contribution in [0.1, 0.15) is 28.9 Å². The zero-order valence-electron chi connectivity index (χ0n) is 14.0. The summed E-state index contributed by atoms with van der Waals surface area (Å²) in [5.41, 5.74) is -0.301. The third-order valence-corrected chi connectivity index (χ3v) is 4.34. The zero-order valence-corrected chi connectivity index (χ0v) is 14.8. The van der Waals surface area contributed by atoms with E-state index in [0.29, 0.717) is 19.4 Å². The number of rotatable bonds is 4. The van der Waals surface area contributed by atoms with E-state index in [9.17, 15) is 14.9 Å². The van der Waals surface area contributed by atoms with E-state index in [1.807, 2.05) is 6.07 Å². The number of likely N-dealkylation sites (tertiary alicyclic amines) is 1. The van der Waals surface area contributed by atoms with E-state index < -0.39 is 16.9 Å². The van der Waals surface area contributed by atoms with E-state index in [2.05, 4.69) is 9.97 Å². The van der Waals surface area contributed by atoms with Crippen LogP contribution in [0.15, 0.2) is 30.6 Å². The first kappa shape index (κ1) is 18.5. The molecular weight excluding hydrogens is 374 g/mol. The Morgan fingerprint density at radius 2 is 2.19 bits per heavy atom. The van der Waals surface area contributed by atoms with Gasteiger partial charge in [0, 0.05) is 30.0 Å². The van der Waals surface area contributed by atoms with Gasteiger partial charge >= 0.3 is 0 Å². The highest BCUT2D eigenvalue weighted by Crippen LogP contribution is 2.26. The van der Waals surface area contributed by atoms with Gasteiger partial charge in [-0.05, 0) is 25.0 Å². The number of halogens is 1. The molecule has 1 amide bonds. The molecule has 3 rings (SSSR count). The van der Waals surface area contributed by atoms with Crippen LogP contribution in [0.2, 0.25) is 5.02 Å². The highest BCUT2D eigenvalue weighted by molar-refractivity contribution is 6.31. The fourth-order valence-electron chi connectivity index (χ4n) is 2.87. The molecule has 1 fully saturated rings. The highest BCUT2D eigenvalue weighted by atomic mass is 35.5. The van der Waals surface area contributed by atoms with Crippen LogP contribution in [0, 0.1) is 21.4 Å². The molecule has 2 heterocycles. The monoisotopic (exact) mass is 387 g/mol. The molecule has 2 aromatic rings. The Kier molecular flexibility index (Phi) is 5.47. The van der Waals surface area contributed by atoms with Crippen LogP contribution in [0.25, 0.3) is 0 Å². The number of aromatic nitrogens is 2. The van der Waals surface area contributed by atoms with Crippen molar-refractivity contribution in [1.82, 2.24) is 14.9 Å². The molecule has 0 N–H and O–H groups in total. The number of nitro groups is 1. The van der Waals surface area contributed by atoms with Gasteiger partial charge in [0.15, 0.2) is 0 Å². The summed E-state index contributed by atoms with van der Waals surface area (Å²) in [4.78, 5) is 32.8. The summed E-state index contributed by atoms with van der Waals surface area (Å²) in [6, 6.07) is 5.78. The van der Waals surface area contributed by atoms with E-state index in [0.717, 1.165) is 0 Å². The van der Waals surface area contributed by atoms with E-state index in [1.165, 1.54) is 35.5 Å². The number of amides is 1. The molecular formula is C17H14ClN5O4. The van der Waals surface area contributed by atoms with Crippen LogP contribution < -0.4 is 4.74 Å². The van der Waals surface area contributed by atoms with Crippen molar-refractivity contribution in [2.75, 3.05) is 13.1 Å². The highest BCUT2D eigenvalue weighted by Gasteiger charge is 2.30. The van der Waals surface area contributed by atoms with Gasteiger partial charge in [-0.1, -0.05) is 11.6 Å². The van der Waals surface area contributed by atoms with Gasteiger partial charge in [0.2, 0.25) is 5.69 Å². The van der Waals surface area contributed by atoms with E-state index >= 15 is 0 Å². The molecule has 10 heteroatoms. The molecule has 0 spiro atoms. The molecule has 9 nitrogen and oxygen atoms in total. The molecule has 0 bridgehead atoms. The molecule has 1 saturated heterocycles. The second-order valence-electron chi connectivity index (χ2n) is 5.87. The van der Waals surface area contributed by atoms with Crippen LogP contribution in [0.3, 0.4) is 0 Å². The van der Waals surface area contributed by atoms with E-state index in [1.54, 1.807) is 0 Å². The number of nitro benzene ring substituents is 1. The van der Waals surface area contributed by atoms with Crippen molar-refractivity contribution < 1.29 is 14.5 Å². The number of ether oxygens (including phenoxy) is 1. The molecule has 0 radical (unpaired) electrons. The van der Waals surface area contributed by atoms with E-state index in [-0.39, 0.29) is 34.4 Å². The van der Waals surface area contributed by atoms with E-state index in [4.69, 9.17) is 21.6 Å². The minimum Gasteiger partial charge on any atom is -0.470 e. The Balaban J connectivity index is 1.79. The SMILES string of the molecule is N#Cc1nccnc1OC1CCCN(C(=O)c2cc(Cl)ccc2[N+](=O)[O-])C1. The number of carbonyl (C=O) groups is 1. The van der Waals surface area contributed by atoms with Gasteiger partial charge in [-0.3, -0.25) is 14.9 Å². The van der Waals surface area contributed by atoms with Gasteiger partial charge in [0.25, 0.3) is 17.5 Å². The Bertz CT molecular complexity index is 930. The zero-order chi connectivity index (χ0) is 19.4. The Labute approximate surface area is 159 Å². The lowest BCUT2D eigenvalue weighted by atomic mass is 10.1. The van der Waals surface area contributed by atoms with Crippen molar-refractivity contribution in [1.29, 1.82) is 5.26 Å². The smallest absolute Gasteiger partial charge is 0.282 e. The third-order valence-electron chi connectivity index (χ3n) is 4.10. The van der Waals surface area contributed by atoms with Gasteiger partial charge in [-0.25, -0.2) is 9.97 Å². The largest absolute Gasteiger partial charge is 0.470 e. The normalized spacial score (nSPS) is 16.4. The third kappa shape index (κ3) is 4.12. The number of carbonyl (C=O) groups excluding carboxylic acids is 1. The fraction of sp³-hybridized carbons (Fsp3) is 0.294. The van der Waals surface area contributed by atoms with Crippen LogP contribution in [0.4, 0.5) is 5.69 Å². The van der Waals surface area contributed by atoms with Crippen molar-refractivity contribution in [3.8, 4) is 11.9 Å². The quantitative estimate of drug-likeness (QED) is 0.583. The maximum atomic E-state index is 12.8. The topological polar surface area (TPSA) is 122 Å². The van der Waals surface area contributed by atoms with Crippen LogP contribution in [0.5, 0.6) is 5.88 Å². The van der Waals surface area contributed by atoms with Gasteiger partial charge in [-0.15, -0.1) is 0 Å². The molecule has 138 valence electrons. The number of piperidine rings is 1. The molecule has 1 aliphatic heterocycles. The Morgan fingerprint density at radius 1 is 1.41 bits per heavy atom. The number of hydrogen-bond donors (Lipinski definition) is 0. The number of benzene rings is 1. The van der Waals surface area contributed by atoms with Gasteiger partial charge < -0.3 is 9.64 Å². The maximum Gasteiger partial charge on any atom is 0.282 e. The maximum absolute atomic E-state index is 12.8. The lowest BCUT2D eigenvalue weighted by molar-refractivity contribution is -0.385. The second-order valence-corrected chi connectivity index (χ2v) is 6.31. The molecule has 0 saturated carbocycles. The van der Waals surface area contributed by atoms with Crippen molar-refractivity contribution in [3.63, 3.8) is 0 Å². The lowest BCUT2D eigenvalue weighted by Gasteiger charge is -2.32. The second kappa shape index (κ2) is 7.97. The number of hydrogen-bond acceptors (Lipinski definition) is 7. The summed E-state index contributed by atoms with van der Waals surface area (Å²) in [6.07, 6.45) is 3.71. The first-order chi connectivity index (χ1) is 13.0. The van der Waals surface area contributed by atoms with Gasteiger partial charge in [0.05, 0.1) is 11.5 Å². The first-order valence-electron chi connectivity index (χ1n) is 8.10. The first-order valence-corrected chi connectivity index (χ1v) is 8.48. The molecule has 1 aliphatic rings. The number of nitriles is 1. The molecule has 1 atom stereocenters.